The first kappa shape index (κ1) is 20.5. The van der Waals surface area contributed by atoms with E-state index in [0.29, 0.717) is 0 Å². The summed E-state index contributed by atoms with van der Waals surface area (Å²) in [5.74, 6) is 2.57. The van der Waals surface area contributed by atoms with Crippen molar-refractivity contribution in [1.29, 1.82) is 0 Å². The summed E-state index contributed by atoms with van der Waals surface area (Å²) in [6, 6.07) is 8.01. The van der Waals surface area contributed by atoms with E-state index in [9.17, 15) is 0 Å². The van der Waals surface area contributed by atoms with E-state index in [1.165, 1.54) is 25.9 Å². The van der Waals surface area contributed by atoms with Gasteiger partial charge in [-0.05, 0) is 43.5 Å². The zero-order valence-corrected chi connectivity index (χ0v) is 18.6. The molecule has 31 heavy (non-hydrogen) atoms. The fourth-order valence-corrected chi connectivity index (χ4v) is 5.39. The molecule has 2 aliphatic heterocycles. The van der Waals surface area contributed by atoms with Crippen molar-refractivity contribution < 1.29 is 0 Å². The van der Waals surface area contributed by atoms with Crippen LogP contribution in [0.1, 0.15) is 18.5 Å². The lowest BCUT2D eigenvalue weighted by molar-refractivity contribution is 0.124. The van der Waals surface area contributed by atoms with Gasteiger partial charge >= 0.3 is 0 Å². The molecule has 0 aliphatic carbocycles. The zero-order chi connectivity index (χ0) is 20.9. The van der Waals surface area contributed by atoms with Crippen LogP contribution in [-0.2, 0) is 6.54 Å². The second-order valence-corrected chi connectivity index (χ2v) is 9.29. The Hall–Kier alpha value is -2.42. The van der Waals surface area contributed by atoms with Gasteiger partial charge in [0.05, 0.1) is 5.69 Å². The number of thiazole rings is 1. The van der Waals surface area contributed by atoms with Crippen LogP contribution in [0.15, 0.2) is 48.2 Å². The number of piperazine rings is 1. The smallest absolute Gasteiger partial charge is 0.188 e. The van der Waals surface area contributed by atoms with Gasteiger partial charge < -0.3 is 4.90 Å². The minimum atomic E-state index is 0.722. The fourth-order valence-electron chi connectivity index (χ4n) is 4.63. The molecule has 2 saturated heterocycles. The molecule has 2 fully saturated rings. The predicted molar refractivity (Wildman–Crippen MR) is 124 cm³/mol. The average Bonchev–Trinajstić information content (AvgIpc) is 3.29. The van der Waals surface area contributed by atoms with Crippen LogP contribution >= 0.6 is 11.3 Å². The largest absolute Gasteiger partial charge is 0.354 e. The van der Waals surface area contributed by atoms with Crippen LogP contribution < -0.4 is 4.90 Å². The number of hydrogen-bond donors (Lipinski definition) is 0. The summed E-state index contributed by atoms with van der Waals surface area (Å²) < 4.78 is 0. The Morgan fingerprint density at radius 1 is 0.903 bits per heavy atom. The van der Waals surface area contributed by atoms with Gasteiger partial charge in [-0.2, -0.15) is 0 Å². The first-order valence-electron chi connectivity index (χ1n) is 11.2. The van der Waals surface area contributed by atoms with Crippen LogP contribution in [-0.4, -0.2) is 75.5 Å². The Kier molecular flexibility index (Phi) is 6.48. The third-order valence-electron chi connectivity index (χ3n) is 6.16. The molecule has 0 spiro atoms. The van der Waals surface area contributed by atoms with Crippen molar-refractivity contribution in [1.82, 2.24) is 29.7 Å². The van der Waals surface area contributed by atoms with Gasteiger partial charge in [0.15, 0.2) is 10.8 Å². The summed E-state index contributed by atoms with van der Waals surface area (Å²) in [5.41, 5.74) is 1.14. The van der Waals surface area contributed by atoms with Crippen molar-refractivity contribution in [2.24, 2.45) is 5.92 Å². The van der Waals surface area contributed by atoms with Crippen LogP contribution in [0.3, 0.4) is 0 Å². The first-order valence-corrected chi connectivity index (χ1v) is 12.0. The maximum absolute atomic E-state index is 4.78. The molecule has 2 aliphatic rings. The van der Waals surface area contributed by atoms with Crippen LogP contribution in [0.2, 0.25) is 0 Å². The molecule has 0 amide bonds. The lowest BCUT2D eigenvalue weighted by Crippen LogP contribution is -2.49. The van der Waals surface area contributed by atoms with Crippen LogP contribution in [0, 0.1) is 5.92 Å². The molecular formula is C23H29N7S. The van der Waals surface area contributed by atoms with E-state index in [1.807, 2.05) is 18.3 Å². The van der Waals surface area contributed by atoms with Crippen molar-refractivity contribution in [3.8, 4) is 10.8 Å². The lowest BCUT2D eigenvalue weighted by atomic mass is 9.97. The van der Waals surface area contributed by atoms with Crippen molar-refractivity contribution in [3.05, 3.63) is 53.9 Å². The topological polar surface area (TPSA) is 61.3 Å². The minimum Gasteiger partial charge on any atom is -0.354 e. The Morgan fingerprint density at radius 2 is 1.74 bits per heavy atom. The molecule has 8 heteroatoms. The number of piperidine rings is 1. The zero-order valence-electron chi connectivity index (χ0n) is 17.8. The molecule has 0 radical (unpaired) electrons. The fraction of sp³-hybridized carbons (Fsp3) is 0.478. The van der Waals surface area contributed by atoms with Crippen molar-refractivity contribution >= 4 is 17.2 Å². The van der Waals surface area contributed by atoms with Crippen molar-refractivity contribution in [2.75, 3.05) is 50.7 Å². The maximum atomic E-state index is 4.78. The first-order chi connectivity index (χ1) is 15.3. The number of aromatic nitrogens is 4. The van der Waals surface area contributed by atoms with Gasteiger partial charge in [0.1, 0.15) is 5.82 Å². The highest BCUT2D eigenvalue weighted by atomic mass is 32.1. The molecule has 1 unspecified atom stereocenters. The highest BCUT2D eigenvalue weighted by Crippen LogP contribution is 2.24. The molecule has 162 valence electrons. The number of nitrogens with zero attached hydrogens (tertiary/aromatic N) is 7. The minimum absolute atomic E-state index is 0.722. The van der Waals surface area contributed by atoms with Gasteiger partial charge in [0.2, 0.25) is 0 Å². The summed E-state index contributed by atoms with van der Waals surface area (Å²) in [7, 11) is 0. The van der Waals surface area contributed by atoms with E-state index in [1.54, 1.807) is 23.7 Å². The van der Waals surface area contributed by atoms with E-state index >= 15 is 0 Å². The third kappa shape index (κ3) is 5.26. The number of rotatable bonds is 6. The van der Waals surface area contributed by atoms with E-state index in [4.69, 9.17) is 4.98 Å². The lowest BCUT2D eigenvalue weighted by Gasteiger charge is -2.39. The van der Waals surface area contributed by atoms with Crippen LogP contribution in [0.25, 0.3) is 10.8 Å². The summed E-state index contributed by atoms with van der Waals surface area (Å²) in [4.78, 5) is 25.5. The second kappa shape index (κ2) is 9.80. The molecular weight excluding hydrogens is 406 g/mol. The summed E-state index contributed by atoms with van der Waals surface area (Å²) >= 11 is 1.64. The Bertz CT molecular complexity index is 941. The van der Waals surface area contributed by atoms with Gasteiger partial charge in [-0.15, -0.1) is 11.3 Å². The van der Waals surface area contributed by atoms with Crippen molar-refractivity contribution in [2.45, 2.75) is 19.4 Å². The van der Waals surface area contributed by atoms with Gasteiger partial charge in [-0.3, -0.25) is 9.80 Å². The molecule has 0 bridgehead atoms. The van der Waals surface area contributed by atoms with E-state index in [0.717, 1.165) is 67.5 Å². The highest BCUT2D eigenvalue weighted by molar-refractivity contribution is 7.13. The van der Waals surface area contributed by atoms with Crippen molar-refractivity contribution in [3.63, 3.8) is 0 Å². The van der Waals surface area contributed by atoms with Gasteiger partial charge in [0.25, 0.3) is 0 Å². The van der Waals surface area contributed by atoms with Gasteiger partial charge in [0, 0.05) is 69.8 Å². The van der Waals surface area contributed by atoms with E-state index in [-0.39, 0.29) is 0 Å². The summed E-state index contributed by atoms with van der Waals surface area (Å²) in [6.07, 6.45) is 8.04. The molecule has 5 rings (SSSR count). The number of pyridine rings is 1. The molecule has 0 aromatic carbocycles. The molecule has 5 heterocycles. The molecule has 1 atom stereocenters. The van der Waals surface area contributed by atoms with E-state index < -0.39 is 0 Å². The average molecular weight is 436 g/mol. The molecule has 3 aromatic rings. The number of anilines is 1. The van der Waals surface area contributed by atoms with Gasteiger partial charge in [-0.25, -0.2) is 19.9 Å². The summed E-state index contributed by atoms with van der Waals surface area (Å²) in [5, 5.41) is 3.07. The highest BCUT2D eigenvalue weighted by Gasteiger charge is 2.25. The second-order valence-electron chi connectivity index (χ2n) is 8.44. The Labute approximate surface area is 187 Å². The van der Waals surface area contributed by atoms with Crippen LogP contribution in [0.4, 0.5) is 5.82 Å². The molecule has 0 N–H and O–H groups in total. The predicted octanol–water partition coefficient (Wildman–Crippen LogP) is 3.03. The maximum Gasteiger partial charge on any atom is 0.188 e. The quantitative estimate of drug-likeness (QED) is 0.590. The van der Waals surface area contributed by atoms with E-state index in [2.05, 4.69) is 47.2 Å². The third-order valence-corrected chi connectivity index (χ3v) is 7.05. The number of likely N-dealkylation sites (tertiary alicyclic amines) is 1. The molecule has 3 aromatic heterocycles. The summed E-state index contributed by atoms with van der Waals surface area (Å²) in [6.45, 7) is 8.83. The monoisotopic (exact) mass is 435 g/mol. The molecule has 0 saturated carbocycles. The SMILES string of the molecule is c1ccc(N2CCN(CC3CCCN(Cc4csc(-c5ncccn5)n4)C3)CC2)nc1. The van der Waals surface area contributed by atoms with Gasteiger partial charge in [-0.1, -0.05) is 6.07 Å². The number of hydrogen-bond acceptors (Lipinski definition) is 8. The Morgan fingerprint density at radius 3 is 2.55 bits per heavy atom. The standard InChI is InChI=1S/C23H29N7S/c1-2-7-24-21(6-1)30-13-11-28(12-14-30)15-19-5-3-10-29(16-19)17-20-18-31-23(27-20)22-25-8-4-9-26-22/h1-2,4,6-9,18-19H,3,5,10-17H2. The normalized spacial score (nSPS) is 20.8. The molecule has 7 nitrogen and oxygen atoms in total. The Balaban J connectivity index is 1.11. The van der Waals surface area contributed by atoms with Crippen LogP contribution in [0.5, 0.6) is 0 Å².